The second-order valence-corrected chi connectivity index (χ2v) is 8.51. The molecule has 1 saturated heterocycles. The van der Waals surface area contributed by atoms with Gasteiger partial charge in [0.25, 0.3) is 6.43 Å². The van der Waals surface area contributed by atoms with Crippen LogP contribution in [0.2, 0.25) is 0 Å². The second kappa shape index (κ2) is 8.66. The summed E-state index contributed by atoms with van der Waals surface area (Å²) >= 11 is 0. The lowest BCUT2D eigenvalue weighted by Gasteiger charge is -2.30. The molecule has 0 aliphatic carbocycles. The molecule has 0 radical (unpaired) electrons. The number of alkyl halides is 2. The summed E-state index contributed by atoms with van der Waals surface area (Å²) in [4.78, 5) is 23.2. The van der Waals surface area contributed by atoms with Gasteiger partial charge in [0, 0.05) is 36.0 Å². The zero-order valence-corrected chi connectivity index (χ0v) is 18.8. The summed E-state index contributed by atoms with van der Waals surface area (Å²) in [6.07, 6.45) is -2.24. The van der Waals surface area contributed by atoms with Gasteiger partial charge in [-0.1, -0.05) is 18.2 Å². The monoisotopic (exact) mass is 471 g/mol. The van der Waals surface area contributed by atoms with Crippen LogP contribution in [0, 0.1) is 12.7 Å². The molecule has 1 fully saturated rings. The lowest BCUT2D eigenvalue weighted by molar-refractivity contribution is -0.120. The number of carbonyl (C=O) groups is 1. The first-order valence-corrected chi connectivity index (χ1v) is 11.1. The number of nitrogens with zero attached hydrogens (tertiary/aromatic N) is 3. The summed E-state index contributed by atoms with van der Waals surface area (Å²) in [5, 5.41) is 6.73. The van der Waals surface area contributed by atoms with Gasteiger partial charge < -0.3 is 20.3 Å². The van der Waals surface area contributed by atoms with Gasteiger partial charge in [0.1, 0.15) is 23.2 Å². The predicted molar refractivity (Wildman–Crippen MR) is 122 cm³/mol. The first-order valence-electron chi connectivity index (χ1n) is 11.1. The highest BCUT2D eigenvalue weighted by molar-refractivity contribution is 5.98. The van der Waals surface area contributed by atoms with Crippen molar-refractivity contribution >= 4 is 28.3 Å². The Morgan fingerprint density at radius 3 is 2.79 bits per heavy atom. The molecule has 1 aromatic heterocycles. The van der Waals surface area contributed by atoms with Crippen molar-refractivity contribution < 1.29 is 22.7 Å². The van der Waals surface area contributed by atoms with Crippen LogP contribution in [0.4, 0.5) is 24.7 Å². The molecule has 0 bridgehead atoms. The van der Waals surface area contributed by atoms with Gasteiger partial charge in [-0.2, -0.15) is 0 Å². The maximum atomic E-state index is 14.8. The van der Waals surface area contributed by atoms with Crippen molar-refractivity contribution in [2.45, 2.75) is 32.7 Å². The zero-order valence-electron chi connectivity index (χ0n) is 18.8. The number of hydrogen-bond donors (Lipinski definition) is 2. The van der Waals surface area contributed by atoms with Crippen LogP contribution in [0.15, 0.2) is 24.3 Å². The quantitative estimate of drug-likeness (QED) is 0.584. The highest BCUT2D eigenvalue weighted by atomic mass is 19.3. The van der Waals surface area contributed by atoms with Crippen LogP contribution in [-0.2, 0) is 11.2 Å². The molecular formula is C24H24F3N5O2. The molecule has 178 valence electrons. The van der Waals surface area contributed by atoms with Gasteiger partial charge in [-0.05, 0) is 19.9 Å². The average Bonchev–Trinajstić information content (AvgIpc) is 3.29. The van der Waals surface area contributed by atoms with Crippen LogP contribution in [-0.4, -0.2) is 42.1 Å². The summed E-state index contributed by atoms with van der Waals surface area (Å²) in [5.74, 6) is 0.703. The number of amides is 1. The topological polar surface area (TPSA) is 79.4 Å². The van der Waals surface area contributed by atoms with Crippen molar-refractivity contribution in [1.29, 1.82) is 0 Å². The molecule has 0 spiro atoms. The zero-order chi connectivity index (χ0) is 24.0. The van der Waals surface area contributed by atoms with Gasteiger partial charge in [0.2, 0.25) is 5.91 Å². The largest absolute Gasteiger partial charge is 0.491 e. The van der Waals surface area contributed by atoms with Gasteiger partial charge in [-0.25, -0.2) is 23.1 Å². The number of anilines is 2. The van der Waals surface area contributed by atoms with Crippen molar-refractivity contribution in [2.75, 3.05) is 36.5 Å². The Morgan fingerprint density at radius 2 is 2.03 bits per heavy atom. The smallest absolute Gasteiger partial charge is 0.266 e. The number of aryl methyl sites for hydroxylation is 1. The van der Waals surface area contributed by atoms with E-state index in [1.54, 1.807) is 13.8 Å². The van der Waals surface area contributed by atoms with E-state index in [0.29, 0.717) is 43.1 Å². The molecule has 3 heterocycles. The third kappa shape index (κ3) is 3.86. The Kier molecular flexibility index (Phi) is 5.66. The molecule has 2 aromatic carbocycles. The fourth-order valence-electron chi connectivity index (χ4n) is 4.60. The van der Waals surface area contributed by atoms with E-state index >= 15 is 0 Å². The van der Waals surface area contributed by atoms with Crippen molar-refractivity contribution in [2.24, 2.45) is 0 Å². The highest BCUT2D eigenvalue weighted by Gasteiger charge is 2.28. The summed E-state index contributed by atoms with van der Waals surface area (Å²) in [7, 11) is 0. The number of halogens is 3. The predicted octanol–water partition coefficient (Wildman–Crippen LogP) is 4.06. The van der Waals surface area contributed by atoms with E-state index in [1.165, 1.54) is 12.1 Å². The summed E-state index contributed by atoms with van der Waals surface area (Å²) in [6, 6.07) is 5.25. The molecule has 2 aliphatic rings. The van der Waals surface area contributed by atoms with Gasteiger partial charge in [0.05, 0.1) is 36.0 Å². The number of rotatable bonds is 5. The molecule has 0 saturated carbocycles. The van der Waals surface area contributed by atoms with Crippen LogP contribution in [0.3, 0.4) is 0 Å². The first-order chi connectivity index (χ1) is 16.3. The average molecular weight is 471 g/mol. The van der Waals surface area contributed by atoms with E-state index in [-0.39, 0.29) is 18.0 Å². The van der Waals surface area contributed by atoms with Crippen LogP contribution >= 0.6 is 0 Å². The lowest BCUT2D eigenvalue weighted by atomic mass is 10.0. The molecule has 1 atom stereocenters. The Labute approximate surface area is 194 Å². The van der Waals surface area contributed by atoms with E-state index in [0.717, 1.165) is 28.6 Å². The Hall–Kier alpha value is -3.56. The SMILES string of the molecule is Cc1nc(NC(C)c2cccc(C(F)F)c2F)c2cc(N3CCNC(=O)C3)c3c(c2n1)CCO3. The Balaban J connectivity index is 1.60. The molecule has 2 aliphatic heterocycles. The molecule has 3 aromatic rings. The van der Waals surface area contributed by atoms with E-state index in [4.69, 9.17) is 4.74 Å². The maximum Gasteiger partial charge on any atom is 0.266 e. The number of aromatic nitrogens is 2. The number of hydrogen-bond acceptors (Lipinski definition) is 6. The van der Waals surface area contributed by atoms with Crippen LogP contribution in [0.5, 0.6) is 5.75 Å². The van der Waals surface area contributed by atoms with Crippen molar-refractivity contribution in [1.82, 2.24) is 15.3 Å². The van der Waals surface area contributed by atoms with Gasteiger partial charge >= 0.3 is 0 Å². The number of nitrogens with one attached hydrogen (secondary N) is 2. The van der Waals surface area contributed by atoms with Crippen LogP contribution < -0.4 is 20.3 Å². The minimum absolute atomic E-state index is 0.0698. The standard InChI is InChI=1S/C24H24F3N5O2/c1-12(14-4-3-5-15(20(14)25)23(26)27)29-24-17-10-18(32-8-7-28-19(33)11-32)22-16(6-9-34-22)21(17)30-13(2)31-24/h3-5,10,12,23H,6-9,11H2,1-2H3,(H,28,33)(H,29,30,31). The molecule has 34 heavy (non-hydrogen) atoms. The van der Waals surface area contributed by atoms with E-state index in [1.807, 2.05) is 11.0 Å². The number of ether oxygens (including phenoxy) is 1. The van der Waals surface area contributed by atoms with Crippen molar-refractivity contribution in [3.63, 3.8) is 0 Å². The molecule has 5 rings (SSSR count). The fourth-order valence-corrected chi connectivity index (χ4v) is 4.60. The normalized spacial score (nSPS) is 16.4. The maximum absolute atomic E-state index is 14.8. The Morgan fingerprint density at radius 1 is 1.24 bits per heavy atom. The van der Waals surface area contributed by atoms with Crippen LogP contribution in [0.1, 0.15) is 41.9 Å². The number of fused-ring (bicyclic) bond motifs is 3. The minimum atomic E-state index is -2.90. The van der Waals surface area contributed by atoms with E-state index < -0.39 is 23.8 Å². The van der Waals surface area contributed by atoms with Crippen molar-refractivity contribution in [3.8, 4) is 5.75 Å². The van der Waals surface area contributed by atoms with Crippen molar-refractivity contribution in [3.05, 3.63) is 52.6 Å². The highest BCUT2D eigenvalue weighted by Crippen LogP contribution is 2.43. The summed E-state index contributed by atoms with van der Waals surface area (Å²) < 4.78 is 47.1. The third-order valence-electron chi connectivity index (χ3n) is 6.22. The van der Waals surface area contributed by atoms with Gasteiger partial charge in [-0.15, -0.1) is 0 Å². The minimum Gasteiger partial charge on any atom is -0.491 e. The molecule has 10 heteroatoms. The molecule has 1 unspecified atom stereocenters. The van der Waals surface area contributed by atoms with E-state index in [2.05, 4.69) is 20.6 Å². The number of carbonyl (C=O) groups excluding carboxylic acids is 1. The number of piperazine rings is 1. The lowest BCUT2D eigenvalue weighted by Crippen LogP contribution is -2.47. The second-order valence-electron chi connectivity index (χ2n) is 8.51. The van der Waals surface area contributed by atoms with Crippen LogP contribution in [0.25, 0.3) is 10.9 Å². The Bertz CT molecular complexity index is 1280. The first kappa shape index (κ1) is 22.2. The molecule has 1 amide bonds. The molecule has 2 N–H and O–H groups in total. The third-order valence-corrected chi connectivity index (χ3v) is 6.22. The summed E-state index contributed by atoms with van der Waals surface area (Å²) in [5.41, 5.74) is 1.94. The fraction of sp³-hybridized carbons (Fsp3) is 0.375. The van der Waals surface area contributed by atoms with E-state index in [9.17, 15) is 18.0 Å². The summed E-state index contributed by atoms with van der Waals surface area (Å²) in [6.45, 7) is 5.33. The van der Waals surface area contributed by atoms with Gasteiger partial charge in [-0.3, -0.25) is 4.79 Å². The molecule has 7 nitrogen and oxygen atoms in total. The molecular weight excluding hydrogens is 447 g/mol. The number of benzene rings is 2. The van der Waals surface area contributed by atoms with Gasteiger partial charge in [0.15, 0.2) is 0 Å².